The highest BCUT2D eigenvalue weighted by Crippen LogP contribution is 2.27. The van der Waals surface area contributed by atoms with Crippen molar-refractivity contribution in [2.45, 2.75) is 9.79 Å². The zero-order chi connectivity index (χ0) is 21.2. The molecule has 6 nitrogen and oxygen atoms in total. The van der Waals surface area contributed by atoms with Gasteiger partial charge in [0.15, 0.2) is 0 Å². The Kier molecular flexibility index (Phi) is 6.45. The maximum Gasteiger partial charge on any atom is 0.263 e. The van der Waals surface area contributed by atoms with E-state index in [0.29, 0.717) is 5.69 Å². The second-order valence-corrected chi connectivity index (χ2v) is 10.9. The highest BCUT2D eigenvalue weighted by Gasteiger charge is 2.20. The van der Waals surface area contributed by atoms with E-state index < -0.39 is 20.0 Å². The van der Waals surface area contributed by atoms with Crippen LogP contribution in [0.2, 0.25) is 10.0 Å². The monoisotopic (exact) mass is 534 g/mol. The second-order valence-electron chi connectivity index (χ2n) is 5.82. The molecule has 152 valence electrons. The van der Waals surface area contributed by atoms with E-state index in [1.54, 1.807) is 24.3 Å². The predicted octanol–water partition coefficient (Wildman–Crippen LogP) is 5.36. The van der Waals surface area contributed by atoms with Gasteiger partial charge >= 0.3 is 0 Å². The molecule has 0 aliphatic rings. The van der Waals surface area contributed by atoms with Crippen molar-refractivity contribution in [1.82, 2.24) is 0 Å². The molecule has 0 saturated carbocycles. The molecule has 0 unspecified atom stereocenters. The van der Waals surface area contributed by atoms with Crippen molar-refractivity contribution in [3.05, 3.63) is 81.2 Å². The summed E-state index contributed by atoms with van der Waals surface area (Å²) in [6.07, 6.45) is 0. The summed E-state index contributed by atoms with van der Waals surface area (Å²) in [5.41, 5.74) is 0.567. The predicted molar refractivity (Wildman–Crippen MR) is 119 cm³/mol. The van der Waals surface area contributed by atoms with Gasteiger partial charge in [0.1, 0.15) is 4.90 Å². The zero-order valence-corrected chi connectivity index (χ0v) is 19.2. The molecule has 0 aliphatic carbocycles. The first kappa shape index (κ1) is 21.9. The topological polar surface area (TPSA) is 92.3 Å². The van der Waals surface area contributed by atoms with E-state index >= 15 is 0 Å². The third kappa shape index (κ3) is 5.43. The van der Waals surface area contributed by atoms with Gasteiger partial charge in [0.2, 0.25) is 0 Å². The summed E-state index contributed by atoms with van der Waals surface area (Å²) < 4.78 is 55.7. The summed E-state index contributed by atoms with van der Waals surface area (Å²) in [6.45, 7) is 0. The second kappa shape index (κ2) is 8.53. The Bertz CT molecular complexity index is 1250. The minimum Gasteiger partial charge on any atom is -0.280 e. The molecule has 0 aromatic heterocycles. The number of hydrogen-bond donors (Lipinski definition) is 2. The quantitative estimate of drug-likeness (QED) is 0.444. The number of halogens is 3. The van der Waals surface area contributed by atoms with Gasteiger partial charge < -0.3 is 0 Å². The Hall–Kier alpha value is -1.78. The van der Waals surface area contributed by atoms with Crippen LogP contribution in [0.25, 0.3) is 0 Å². The average molecular weight is 536 g/mol. The first-order valence-electron chi connectivity index (χ1n) is 7.93. The molecule has 3 aromatic rings. The standard InChI is InChI=1S/C18H13BrCl2N2O4S2/c19-12-1-4-14(5-2-12)22-28(24,25)16-8-6-15(7-9-16)23-29(26,27)18-11-13(20)3-10-17(18)21/h1-11,22-23H. The number of rotatable bonds is 6. The number of benzene rings is 3. The lowest BCUT2D eigenvalue weighted by Crippen LogP contribution is -2.15. The van der Waals surface area contributed by atoms with Gasteiger partial charge in [0.25, 0.3) is 20.0 Å². The van der Waals surface area contributed by atoms with Crippen molar-refractivity contribution in [3.8, 4) is 0 Å². The maximum absolute atomic E-state index is 12.5. The minimum atomic E-state index is -4.00. The average Bonchev–Trinajstić information content (AvgIpc) is 2.65. The summed E-state index contributed by atoms with van der Waals surface area (Å²) >= 11 is 15.1. The molecule has 0 bridgehead atoms. The molecular formula is C18H13BrCl2N2O4S2. The van der Waals surface area contributed by atoms with E-state index in [4.69, 9.17) is 23.2 Å². The first-order chi connectivity index (χ1) is 13.6. The van der Waals surface area contributed by atoms with Gasteiger partial charge in [-0.15, -0.1) is 0 Å². The Morgan fingerprint density at radius 1 is 0.690 bits per heavy atom. The molecule has 0 radical (unpaired) electrons. The summed E-state index contributed by atoms with van der Waals surface area (Å²) in [7, 11) is -7.84. The molecule has 3 aromatic carbocycles. The lowest BCUT2D eigenvalue weighted by molar-refractivity contribution is 0.600. The van der Waals surface area contributed by atoms with Gasteiger partial charge in [-0.2, -0.15) is 0 Å². The molecule has 0 fully saturated rings. The summed E-state index contributed by atoms with van der Waals surface area (Å²) in [4.78, 5) is -0.204. The maximum atomic E-state index is 12.5. The van der Waals surface area contributed by atoms with Crippen molar-refractivity contribution in [2.75, 3.05) is 9.44 Å². The van der Waals surface area contributed by atoms with Crippen LogP contribution in [0.1, 0.15) is 0 Å². The number of hydrogen-bond acceptors (Lipinski definition) is 4. The summed E-state index contributed by atoms with van der Waals surface area (Å²) in [6, 6.07) is 16.0. The van der Waals surface area contributed by atoms with E-state index in [2.05, 4.69) is 25.4 Å². The number of sulfonamides is 2. The van der Waals surface area contributed by atoms with Crippen molar-refractivity contribution in [1.29, 1.82) is 0 Å². The fourth-order valence-corrected chi connectivity index (χ4v) is 5.47. The van der Waals surface area contributed by atoms with Gasteiger partial charge in [0, 0.05) is 20.9 Å². The third-order valence-corrected chi connectivity index (χ3v) is 7.72. The van der Waals surface area contributed by atoms with Gasteiger partial charge in [-0.05, 0) is 66.7 Å². The summed E-state index contributed by atoms with van der Waals surface area (Å²) in [5.74, 6) is 0. The van der Waals surface area contributed by atoms with Crippen LogP contribution in [0.15, 0.2) is 81.0 Å². The molecule has 2 N–H and O–H groups in total. The van der Waals surface area contributed by atoms with Crippen LogP contribution in [-0.2, 0) is 20.0 Å². The Morgan fingerprint density at radius 2 is 1.21 bits per heavy atom. The van der Waals surface area contributed by atoms with Crippen LogP contribution in [0.4, 0.5) is 11.4 Å². The van der Waals surface area contributed by atoms with Gasteiger partial charge in [-0.25, -0.2) is 16.8 Å². The van der Waals surface area contributed by atoms with Crippen LogP contribution in [0, 0.1) is 0 Å². The number of anilines is 2. The first-order valence-corrected chi connectivity index (χ1v) is 12.4. The van der Waals surface area contributed by atoms with Gasteiger partial charge in [0.05, 0.1) is 9.92 Å². The lowest BCUT2D eigenvalue weighted by atomic mass is 10.3. The minimum absolute atomic E-state index is 0.0137. The Morgan fingerprint density at radius 3 is 1.79 bits per heavy atom. The van der Waals surface area contributed by atoms with Crippen molar-refractivity contribution >= 4 is 70.6 Å². The third-order valence-electron chi connectivity index (χ3n) is 3.70. The van der Waals surface area contributed by atoms with E-state index in [1.165, 1.54) is 42.5 Å². The van der Waals surface area contributed by atoms with E-state index in [1.807, 2.05) is 0 Å². The molecule has 0 saturated heterocycles. The van der Waals surface area contributed by atoms with E-state index in [9.17, 15) is 16.8 Å². The summed E-state index contributed by atoms with van der Waals surface area (Å²) in [5, 5.41) is 0.232. The Labute approximate surface area is 187 Å². The van der Waals surface area contributed by atoms with Gasteiger partial charge in [-0.3, -0.25) is 9.44 Å². The SMILES string of the molecule is O=S(=O)(Nc1ccc(Br)cc1)c1ccc(NS(=O)(=O)c2cc(Cl)ccc2Cl)cc1. The fraction of sp³-hybridized carbons (Fsp3) is 0. The zero-order valence-electron chi connectivity index (χ0n) is 14.4. The molecule has 11 heteroatoms. The molecule has 29 heavy (non-hydrogen) atoms. The molecule has 0 spiro atoms. The van der Waals surface area contributed by atoms with Crippen LogP contribution in [0.5, 0.6) is 0 Å². The van der Waals surface area contributed by atoms with Crippen LogP contribution in [0.3, 0.4) is 0 Å². The van der Waals surface area contributed by atoms with Gasteiger partial charge in [-0.1, -0.05) is 39.1 Å². The number of nitrogens with one attached hydrogen (secondary N) is 2. The molecule has 0 aliphatic heterocycles. The van der Waals surface area contributed by atoms with Crippen molar-refractivity contribution < 1.29 is 16.8 Å². The lowest BCUT2D eigenvalue weighted by Gasteiger charge is -2.11. The molecular weight excluding hydrogens is 523 g/mol. The van der Waals surface area contributed by atoms with Crippen molar-refractivity contribution in [2.24, 2.45) is 0 Å². The Balaban J connectivity index is 1.81. The molecule has 0 heterocycles. The van der Waals surface area contributed by atoms with E-state index in [-0.39, 0.29) is 25.5 Å². The molecule has 3 rings (SSSR count). The van der Waals surface area contributed by atoms with Crippen LogP contribution >= 0.6 is 39.1 Å². The highest BCUT2D eigenvalue weighted by molar-refractivity contribution is 9.10. The molecule has 0 atom stereocenters. The van der Waals surface area contributed by atoms with Crippen molar-refractivity contribution in [3.63, 3.8) is 0 Å². The normalized spacial score (nSPS) is 11.8. The fourth-order valence-electron chi connectivity index (χ4n) is 2.33. The van der Waals surface area contributed by atoms with Crippen LogP contribution < -0.4 is 9.44 Å². The smallest absolute Gasteiger partial charge is 0.263 e. The van der Waals surface area contributed by atoms with Crippen LogP contribution in [-0.4, -0.2) is 16.8 Å². The van der Waals surface area contributed by atoms with E-state index in [0.717, 1.165) is 4.47 Å². The molecule has 0 amide bonds. The highest BCUT2D eigenvalue weighted by atomic mass is 79.9. The largest absolute Gasteiger partial charge is 0.280 e.